The van der Waals surface area contributed by atoms with Gasteiger partial charge in [0.25, 0.3) is 0 Å². The molecule has 1 atom stereocenters. The first kappa shape index (κ1) is 16.0. The van der Waals surface area contributed by atoms with Gasteiger partial charge in [0, 0.05) is 11.6 Å². The van der Waals surface area contributed by atoms with Crippen molar-refractivity contribution in [3.63, 3.8) is 0 Å². The topological polar surface area (TPSA) is 29.3 Å². The second-order valence-corrected chi connectivity index (χ2v) is 6.42. The highest BCUT2D eigenvalue weighted by atomic mass is 15.2. The monoisotopic (exact) mass is 254 g/mol. The predicted molar refractivity (Wildman–Crippen MR) is 80.7 cm³/mol. The Morgan fingerprint density at radius 2 is 1.56 bits per heavy atom. The number of hydrogen-bond acceptors (Lipinski definition) is 2. The summed E-state index contributed by atoms with van der Waals surface area (Å²) in [6.45, 7) is 6.91. The van der Waals surface area contributed by atoms with Gasteiger partial charge in [0.2, 0.25) is 0 Å². The molecule has 1 aliphatic rings. The zero-order chi connectivity index (χ0) is 13.8. The van der Waals surface area contributed by atoms with Crippen LogP contribution in [0.4, 0.5) is 0 Å². The minimum absolute atomic E-state index is 0.198. The molecule has 0 aliphatic heterocycles. The maximum absolute atomic E-state index is 6.69. The van der Waals surface area contributed by atoms with Gasteiger partial charge in [-0.3, -0.25) is 0 Å². The lowest BCUT2D eigenvalue weighted by Gasteiger charge is -2.48. The van der Waals surface area contributed by atoms with Gasteiger partial charge in [-0.2, -0.15) is 0 Å². The molecule has 1 unspecified atom stereocenters. The van der Waals surface area contributed by atoms with Crippen molar-refractivity contribution in [2.75, 3.05) is 14.1 Å². The molecule has 2 heteroatoms. The lowest BCUT2D eigenvalue weighted by molar-refractivity contribution is 0.0621. The Balaban J connectivity index is 2.70. The summed E-state index contributed by atoms with van der Waals surface area (Å²) in [6.07, 6.45) is 9.14. The van der Waals surface area contributed by atoms with E-state index in [1.165, 1.54) is 32.1 Å². The van der Waals surface area contributed by atoms with Gasteiger partial charge in [0.1, 0.15) is 0 Å². The molecule has 0 heterocycles. The van der Waals surface area contributed by atoms with Crippen molar-refractivity contribution < 1.29 is 0 Å². The minimum Gasteiger partial charge on any atom is -0.326 e. The van der Waals surface area contributed by atoms with Crippen LogP contribution in [0.5, 0.6) is 0 Å². The zero-order valence-corrected chi connectivity index (χ0v) is 13.2. The lowest BCUT2D eigenvalue weighted by atomic mass is 9.70. The molecular formula is C16H34N2. The molecule has 0 bridgehead atoms. The summed E-state index contributed by atoms with van der Waals surface area (Å²) in [4.78, 5) is 2.38. The van der Waals surface area contributed by atoms with E-state index in [9.17, 15) is 0 Å². The average molecular weight is 254 g/mol. The van der Waals surface area contributed by atoms with Gasteiger partial charge in [0.05, 0.1) is 0 Å². The van der Waals surface area contributed by atoms with Crippen LogP contribution >= 0.6 is 0 Å². The standard InChI is InChI=1S/C16H34N2/c1-6-13-9-11-14(12-10-13)15(17)16(7-2,8-3)18(4)5/h13-15H,6-12,17H2,1-5H3. The highest BCUT2D eigenvalue weighted by molar-refractivity contribution is 4.99. The summed E-state index contributed by atoms with van der Waals surface area (Å²) in [5, 5.41) is 0. The number of nitrogens with zero attached hydrogens (tertiary/aromatic N) is 1. The third-order valence-corrected chi connectivity index (χ3v) is 5.71. The van der Waals surface area contributed by atoms with Crippen LogP contribution in [0.15, 0.2) is 0 Å². The first-order chi connectivity index (χ1) is 8.51. The van der Waals surface area contributed by atoms with Gasteiger partial charge < -0.3 is 10.6 Å². The number of rotatable bonds is 6. The van der Waals surface area contributed by atoms with Crippen molar-refractivity contribution in [1.82, 2.24) is 4.90 Å². The van der Waals surface area contributed by atoms with E-state index in [0.717, 1.165) is 24.7 Å². The molecule has 0 radical (unpaired) electrons. The van der Waals surface area contributed by atoms with E-state index in [-0.39, 0.29) is 5.54 Å². The van der Waals surface area contributed by atoms with Gasteiger partial charge >= 0.3 is 0 Å². The van der Waals surface area contributed by atoms with Crippen molar-refractivity contribution in [3.8, 4) is 0 Å². The van der Waals surface area contributed by atoms with E-state index in [2.05, 4.69) is 39.8 Å². The van der Waals surface area contributed by atoms with E-state index in [1.807, 2.05) is 0 Å². The molecule has 0 spiro atoms. The van der Waals surface area contributed by atoms with Crippen molar-refractivity contribution in [2.24, 2.45) is 17.6 Å². The van der Waals surface area contributed by atoms with Gasteiger partial charge in [-0.1, -0.05) is 40.0 Å². The van der Waals surface area contributed by atoms with E-state index in [1.54, 1.807) is 0 Å². The van der Waals surface area contributed by atoms with Gasteiger partial charge in [-0.05, 0) is 51.6 Å². The van der Waals surface area contributed by atoms with Gasteiger partial charge in [0.15, 0.2) is 0 Å². The minimum atomic E-state index is 0.198. The highest BCUT2D eigenvalue weighted by Gasteiger charge is 2.40. The molecule has 0 amide bonds. The maximum Gasteiger partial charge on any atom is 0.0351 e. The van der Waals surface area contributed by atoms with Gasteiger partial charge in [-0.25, -0.2) is 0 Å². The summed E-state index contributed by atoms with van der Waals surface area (Å²) >= 11 is 0. The fourth-order valence-electron chi connectivity index (χ4n) is 4.05. The summed E-state index contributed by atoms with van der Waals surface area (Å²) in [6, 6.07) is 0.334. The largest absolute Gasteiger partial charge is 0.326 e. The third kappa shape index (κ3) is 3.08. The SMILES string of the molecule is CCC1CCC(C(N)C(CC)(CC)N(C)C)CC1. The van der Waals surface area contributed by atoms with Crippen LogP contribution in [0, 0.1) is 11.8 Å². The number of likely N-dealkylation sites (N-methyl/N-ethyl adjacent to an activating group) is 1. The molecule has 1 rings (SSSR count). The summed E-state index contributed by atoms with van der Waals surface area (Å²) in [5.74, 6) is 1.69. The Kier molecular flexibility index (Phi) is 6.13. The van der Waals surface area contributed by atoms with Crippen LogP contribution in [-0.2, 0) is 0 Å². The van der Waals surface area contributed by atoms with E-state index in [4.69, 9.17) is 5.73 Å². The van der Waals surface area contributed by atoms with Crippen LogP contribution < -0.4 is 5.73 Å². The first-order valence-corrected chi connectivity index (χ1v) is 7.94. The van der Waals surface area contributed by atoms with E-state index >= 15 is 0 Å². The second kappa shape index (κ2) is 6.91. The molecule has 18 heavy (non-hydrogen) atoms. The lowest BCUT2D eigenvalue weighted by Crippen LogP contribution is -2.60. The molecule has 2 nitrogen and oxygen atoms in total. The van der Waals surface area contributed by atoms with E-state index < -0.39 is 0 Å². The Hall–Kier alpha value is -0.0800. The smallest absolute Gasteiger partial charge is 0.0351 e. The molecule has 0 aromatic carbocycles. The zero-order valence-electron chi connectivity index (χ0n) is 13.2. The van der Waals surface area contributed by atoms with Crippen LogP contribution in [0.1, 0.15) is 65.7 Å². The summed E-state index contributed by atoms with van der Waals surface area (Å²) in [7, 11) is 4.40. The number of hydrogen-bond donors (Lipinski definition) is 1. The first-order valence-electron chi connectivity index (χ1n) is 7.94. The Labute approximate surface area is 114 Å². The van der Waals surface area contributed by atoms with Crippen molar-refractivity contribution in [3.05, 3.63) is 0 Å². The van der Waals surface area contributed by atoms with Gasteiger partial charge in [-0.15, -0.1) is 0 Å². The Morgan fingerprint density at radius 1 is 1.06 bits per heavy atom. The number of nitrogens with two attached hydrogens (primary N) is 1. The fraction of sp³-hybridized carbons (Fsp3) is 1.00. The third-order valence-electron chi connectivity index (χ3n) is 5.71. The van der Waals surface area contributed by atoms with Crippen LogP contribution in [0.2, 0.25) is 0 Å². The van der Waals surface area contributed by atoms with Crippen LogP contribution in [0.25, 0.3) is 0 Å². The van der Waals surface area contributed by atoms with Crippen LogP contribution in [-0.4, -0.2) is 30.6 Å². The molecule has 108 valence electrons. The highest BCUT2D eigenvalue weighted by Crippen LogP contribution is 2.38. The van der Waals surface area contributed by atoms with Crippen molar-refractivity contribution in [1.29, 1.82) is 0 Å². The van der Waals surface area contributed by atoms with Crippen LogP contribution in [0.3, 0.4) is 0 Å². The Bertz CT molecular complexity index is 225. The summed E-state index contributed by atoms with van der Waals surface area (Å²) < 4.78 is 0. The second-order valence-electron chi connectivity index (χ2n) is 6.42. The average Bonchev–Trinajstić information content (AvgIpc) is 2.40. The molecule has 1 aliphatic carbocycles. The molecule has 0 saturated heterocycles. The summed E-state index contributed by atoms with van der Waals surface area (Å²) in [5.41, 5.74) is 6.89. The molecule has 1 saturated carbocycles. The quantitative estimate of drug-likeness (QED) is 0.784. The normalized spacial score (nSPS) is 27.5. The van der Waals surface area contributed by atoms with E-state index in [0.29, 0.717) is 6.04 Å². The van der Waals surface area contributed by atoms with Crippen molar-refractivity contribution >= 4 is 0 Å². The fourth-order valence-corrected chi connectivity index (χ4v) is 4.05. The van der Waals surface area contributed by atoms with Crippen molar-refractivity contribution in [2.45, 2.75) is 77.3 Å². The molecule has 0 aromatic heterocycles. The molecule has 0 aromatic rings. The molecule has 1 fully saturated rings. The maximum atomic E-state index is 6.69. The predicted octanol–water partition coefficient (Wildman–Crippen LogP) is 3.65. The molecular weight excluding hydrogens is 220 g/mol. The Morgan fingerprint density at radius 3 is 1.89 bits per heavy atom. The molecule has 2 N–H and O–H groups in total.